The summed E-state index contributed by atoms with van der Waals surface area (Å²) in [5.74, 6) is -0.107. The van der Waals surface area contributed by atoms with Gasteiger partial charge in [-0.25, -0.2) is 0 Å². The van der Waals surface area contributed by atoms with Crippen molar-refractivity contribution >= 4 is 11.3 Å². The summed E-state index contributed by atoms with van der Waals surface area (Å²) in [6, 6.07) is 11.3. The van der Waals surface area contributed by atoms with E-state index in [1.54, 1.807) is 19.1 Å². The number of hydrogen-bond acceptors (Lipinski definition) is 4. The van der Waals surface area contributed by atoms with Gasteiger partial charge in [-0.05, 0) is 36.7 Å². The van der Waals surface area contributed by atoms with Crippen molar-refractivity contribution in [2.24, 2.45) is 0 Å². The fourth-order valence-electron chi connectivity index (χ4n) is 3.94. The summed E-state index contributed by atoms with van der Waals surface area (Å²) < 4.78 is 42.4. The minimum atomic E-state index is -4.53. The first-order valence-corrected chi connectivity index (χ1v) is 10.1. The third-order valence-electron chi connectivity index (χ3n) is 5.22. The normalized spacial score (nSPS) is 17.2. The van der Waals surface area contributed by atoms with Gasteiger partial charge in [0.25, 0.3) is 0 Å². The van der Waals surface area contributed by atoms with Gasteiger partial charge in [0.2, 0.25) is 0 Å². The topological polar surface area (TPSA) is 44.9 Å². The number of nitrogens with zero attached hydrogens (tertiary/aromatic N) is 4. The Kier molecular flexibility index (Phi) is 4.97. The summed E-state index contributed by atoms with van der Waals surface area (Å²) in [5.41, 5.74) is 1.63. The van der Waals surface area contributed by atoms with Crippen LogP contribution in [-0.2, 0) is 19.3 Å². The summed E-state index contributed by atoms with van der Waals surface area (Å²) in [6.45, 7) is 3.54. The molecule has 3 heterocycles. The highest BCUT2D eigenvalue weighted by Crippen LogP contribution is 2.43. The molecule has 4 nitrogen and oxygen atoms in total. The molecule has 0 radical (unpaired) electrons. The molecule has 0 N–H and O–H groups in total. The van der Waals surface area contributed by atoms with Crippen LogP contribution in [0.5, 0.6) is 0 Å². The highest BCUT2D eigenvalue weighted by Gasteiger charge is 2.38. The molecule has 150 valence electrons. The quantitative estimate of drug-likeness (QED) is 0.597. The fourth-order valence-corrected chi connectivity index (χ4v) is 5.04. The maximum Gasteiger partial charge on any atom is 0.435 e. The van der Waals surface area contributed by atoms with Crippen molar-refractivity contribution in [3.8, 4) is 17.2 Å². The van der Waals surface area contributed by atoms with Crippen LogP contribution in [0.3, 0.4) is 0 Å². The smallest absolute Gasteiger partial charge is 0.300 e. The van der Waals surface area contributed by atoms with Gasteiger partial charge in [-0.1, -0.05) is 24.3 Å². The molecule has 0 unspecified atom stereocenters. The minimum absolute atomic E-state index is 0.0977. The van der Waals surface area contributed by atoms with Gasteiger partial charge in [-0.3, -0.25) is 4.68 Å². The van der Waals surface area contributed by atoms with Crippen LogP contribution in [-0.4, -0.2) is 28.3 Å². The molecule has 1 aliphatic rings. The van der Waals surface area contributed by atoms with E-state index in [4.69, 9.17) is 0 Å². The SMILES string of the molecule is CCn1cc(-c2ccccc2[C@@H]2CN(C)Cc3sc(C#N)cc32)c(C(F)(F)F)n1. The number of rotatable bonds is 3. The molecule has 0 amide bonds. The number of benzene rings is 1. The molecule has 0 bridgehead atoms. The lowest BCUT2D eigenvalue weighted by molar-refractivity contribution is -0.141. The van der Waals surface area contributed by atoms with Gasteiger partial charge in [-0.15, -0.1) is 11.3 Å². The Morgan fingerprint density at radius 2 is 2.00 bits per heavy atom. The van der Waals surface area contributed by atoms with Crippen LogP contribution in [0.25, 0.3) is 11.1 Å². The van der Waals surface area contributed by atoms with E-state index < -0.39 is 11.9 Å². The Hall–Kier alpha value is -2.63. The third kappa shape index (κ3) is 3.56. The lowest BCUT2D eigenvalue weighted by atomic mass is 9.84. The van der Waals surface area contributed by atoms with Gasteiger partial charge >= 0.3 is 6.18 Å². The van der Waals surface area contributed by atoms with E-state index in [-0.39, 0.29) is 11.5 Å². The molecule has 8 heteroatoms. The van der Waals surface area contributed by atoms with Gasteiger partial charge < -0.3 is 4.90 Å². The van der Waals surface area contributed by atoms with Gasteiger partial charge in [0, 0.05) is 42.2 Å². The second kappa shape index (κ2) is 7.32. The number of aryl methyl sites for hydroxylation is 1. The molecular formula is C21H19F3N4S. The zero-order valence-electron chi connectivity index (χ0n) is 16.0. The van der Waals surface area contributed by atoms with Crippen LogP contribution in [0, 0.1) is 11.3 Å². The largest absolute Gasteiger partial charge is 0.435 e. The van der Waals surface area contributed by atoms with Crippen LogP contribution in [0.1, 0.15) is 39.4 Å². The molecule has 1 atom stereocenters. The molecule has 0 saturated heterocycles. The van der Waals surface area contributed by atoms with Crippen molar-refractivity contribution < 1.29 is 13.2 Å². The summed E-state index contributed by atoms with van der Waals surface area (Å²) >= 11 is 1.46. The van der Waals surface area contributed by atoms with E-state index in [0.29, 0.717) is 23.5 Å². The van der Waals surface area contributed by atoms with Crippen molar-refractivity contribution in [1.29, 1.82) is 5.26 Å². The lowest BCUT2D eigenvalue weighted by Gasteiger charge is -2.31. The van der Waals surface area contributed by atoms with Crippen molar-refractivity contribution in [3.63, 3.8) is 0 Å². The van der Waals surface area contributed by atoms with Gasteiger partial charge in [-0.2, -0.15) is 23.5 Å². The Morgan fingerprint density at radius 1 is 1.24 bits per heavy atom. The van der Waals surface area contributed by atoms with E-state index in [1.807, 2.05) is 25.2 Å². The molecule has 0 spiro atoms. The Balaban J connectivity index is 1.90. The van der Waals surface area contributed by atoms with Crippen LogP contribution >= 0.6 is 11.3 Å². The maximum absolute atomic E-state index is 13.7. The zero-order valence-corrected chi connectivity index (χ0v) is 16.8. The van der Waals surface area contributed by atoms with E-state index in [2.05, 4.69) is 16.1 Å². The first-order chi connectivity index (χ1) is 13.8. The van der Waals surface area contributed by atoms with Crippen LogP contribution in [0.15, 0.2) is 36.5 Å². The molecule has 3 aromatic rings. The van der Waals surface area contributed by atoms with E-state index in [1.165, 1.54) is 22.2 Å². The molecule has 2 aromatic heterocycles. The molecule has 29 heavy (non-hydrogen) atoms. The third-order valence-corrected chi connectivity index (χ3v) is 6.26. The molecule has 1 aliphatic heterocycles. The summed E-state index contributed by atoms with van der Waals surface area (Å²) in [4.78, 5) is 3.86. The van der Waals surface area contributed by atoms with Crippen LogP contribution < -0.4 is 0 Å². The second-order valence-corrected chi connectivity index (χ2v) is 8.32. The summed E-state index contributed by atoms with van der Waals surface area (Å²) in [7, 11) is 1.99. The average Bonchev–Trinajstić information content (AvgIpc) is 3.31. The number of halogens is 3. The Bertz CT molecular complexity index is 1090. The highest BCUT2D eigenvalue weighted by atomic mass is 32.1. The Labute approximate surface area is 170 Å². The first-order valence-electron chi connectivity index (χ1n) is 9.27. The van der Waals surface area contributed by atoms with Gasteiger partial charge in [0.05, 0.1) is 0 Å². The van der Waals surface area contributed by atoms with Gasteiger partial charge in [0.15, 0.2) is 5.69 Å². The number of aromatic nitrogens is 2. The van der Waals surface area contributed by atoms with E-state index in [0.717, 1.165) is 22.5 Å². The number of hydrogen-bond donors (Lipinski definition) is 0. The predicted molar refractivity (Wildman–Crippen MR) is 106 cm³/mol. The maximum atomic E-state index is 13.7. The monoisotopic (exact) mass is 416 g/mol. The molecule has 0 saturated carbocycles. The fraction of sp³-hybridized carbons (Fsp3) is 0.333. The van der Waals surface area contributed by atoms with E-state index >= 15 is 0 Å². The van der Waals surface area contributed by atoms with Gasteiger partial charge in [0.1, 0.15) is 10.9 Å². The molecule has 0 fully saturated rings. The summed E-state index contributed by atoms with van der Waals surface area (Å²) in [6.07, 6.45) is -3.06. The average molecular weight is 416 g/mol. The van der Waals surface area contributed by atoms with E-state index in [9.17, 15) is 18.4 Å². The van der Waals surface area contributed by atoms with Crippen molar-refractivity contribution in [3.05, 3.63) is 63.1 Å². The highest BCUT2D eigenvalue weighted by molar-refractivity contribution is 7.12. The molecular weight excluding hydrogens is 397 g/mol. The Morgan fingerprint density at radius 3 is 2.69 bits per heavy atom. The van der Waals surface area contributed by atoms with Crippen molar-refractivity contribution in [1.82, 2.24) is 14.7 Å². The molecule has 0 aliphatic carbocycles. The number of nitriles is 1. The standard InChI is InChI=1S/C21H19F3N4S/c1-3-28-11-18(20(26-28)21(22,23)24)15-7-5-4-6-14(15)17-10-27(2)12-19-16(17)8-13(9-25)29-19/h4-8,11,17H,3,10,12H2,1-2H3/t17-/m0/s1. The number of likely N-dealkylation sites (N-methyl/N-ethyl adjacent to an activating group) is 1. The van der Waals surface area contributed by atoms with Crippen LogP contribution in [0.4, 0.5) is 13.2 Å². The minimum Gasteiger partial charge on any atom is -0.300 e. The van der Waals surface area contributed by atoms with Crippen LogP contribution in [0.2, 0.25) is 0 Å². The predicted octanol–water partition coefficient (Wildman–Crippen LogP) is 5.10. The molecule has 1 aromatic carbocycles. The number of thiophene rings is 1. The number of fused-ring (bicyclic) bond motifs is 1. The lowest BCUT2D eigenvalue weighted by Crippen LogP contribution is -2.30. The second-order valence-electron chi connectivity index (χ2n) is 7.18. The zero-order chi connectivity index (χ0) is 20.8. The molecule has 4 rings (SSSR count). The number of alkyl halides is 3. The summed E-state index contributed by atoms with van der Waals surface area (Å²) in [5, 5.41) is 13.1. The van der Waals surface area contributed by atoms with Crippen molar-refractivity contribution in [2.45, 2.75) is 32.1 Å². The first kappa shape index (κ1) is 19.7. The van der Waals surface area contributed by atoms with Crippen molar-refractivity contribution in [2.75, 3.05) is 13.6 Å².